The van der Waals surface area contributed by atoms with Gasteiger partial charge in [0.2, 0.25) is 5.91 Å². The van der Waals surface area contributed by atoms with Gasteiger partial charge in [0, 0.05) is 13.1 Å². The molecule has 1 saturated carbocycles. The van der Waals surface area contributed by atoms with Gasteiger partial charge in [-0.05, 0) is 60.2 Å². The highest BCUT2D eigenvalue weighted by atomic mass is 19.1. The van der Waals surface area contributed by atoms with Crippen LogP contribution in [0.5, 0.6) is 11.5 Å². The Labute approximate surface area is 158 Å². The smallest absolute Gasteiger partial charge is 0.233 e. The number of ether oxygens (including phenoxy) is 2. The second-order valence-electron chi connectivity index (χ2n) is 7.40. The van der Waals surface area contributed by atoms with Crippen molar-refractivity contribution in [2.45, 2.75) is 37.6 Å². The molecule has 27 heavy (non-hydrogen) atoms. The van der Waals surface area contributed by atoms with Gasteiger partial charge < -0.3 is 14.4 Å². The van der Waals surface area contributed by atoms with Gasteiger partial charge in [-0.15, -0.1) is 0 Å². The van der Waals surface area contributed by atoms with Crippen molar-refractivity contribution in [1.29, 1.82) is 0 Å². The number of benzene rings is 2. The molecule has 1 aliphatic heterocycles. The average molecular weight is 369 g/mol. The van der Waals surface area contributed by atoms with Crippen LogP contribution in [0.3, 0.4) is 0 Å². The second-order valence-corrected chi connectivity index (χ2v) is 7.40. The topological polar surface area (TPSA) is 38.8 Å². The Morgan fingerprint density at radius 2 is 1.67 bits per heavy atom. The number of nitrogens with zero attached hydrogens (tertiary/aromatic N) is 1. The van der Waals surface area contributed by atoms with E-state index in [1.807, 2.05) is 17.0 Å². The van der Waals surface area contributed by atoms with E-state index in [2.05, 4.69) is 0 Å². The molecular formula is C22H24FNO3. The monoisotopic (exact) mass is 369 g/mol. The summed E-state index contributed by atoms with van der Waals surface area (Å²) in [6.07, 6.45) is 3.47. The molecule has 142 valence electrons. The Kier molecular flexibility index (Phi) is 4.54. The van der Waals surface area contributed by atoms with Crippen LogP contribution < -0.4 is 9.47 Å². The second kappa shape index (κ2) is 6.87. The summed E-state index contributed by atoms with van der Waals surface area (Å²) < 4.78 is 24.1. The first-order valence-corrected chi connectivity index (χ1v) is 9.36. The molecule has 0 atom stereocenters. The molecule has 0 N–H and O–H groups in total. The quantitative estimate of drug-likeness (QED) is 0.822. The van der Waals surface area contributed by atoms with E-state index in [1.54, 1.807) is 26.4 Å². The zero-order valence-corrected chi connectivity index (χ0v) is 15.8. The first-order chi connectivity index (χ1) is 13.1. The first kappa shape index (κ1) is 17.8. The van der Waals surface area contributed by atoms with Crippen LogP contribution in [0.25, 0.3) is 0 Å². The molecule has 0 spiro atoms. The van der Waals surface area contributed by atoms with Crippen molar-refractivity contribution in [1.82, 2.24) is 4.90 Å². The summed E-state index contributed by atoms with van der Waals surface area (Å²) in [5, 5.41) is 0. The van der Waals surface area contributed by atoms with Crippen LogP contribution in [0, 0.1) is 5.82 Å². The lowest BCUT2D eigenvalue weighted by Gasteiger charge is -2.45. The van der Waals surface area contributed by atoms with Crippen molar-refractivity contribution in [2.24, 2.45) is 0 Å². The van der Waals surface area contributed by atoms with Crippen molar-refractivity contribution in [3.8, 4) is 11.5 Å². The van der Waals surface area contributed by atoms with Gasteiger partial charge in [0.15, 0.2) is 11.5 Å². The van der Waals surface area contributed by atoms with Gasteiger partial charge in [0.1, 0.15) is 5.82 Å². The van der Waals surface area contributed by atoms with Crippen molar-refractivity contribution >= 4 is 5.91 Å². The van der Waals surface area contributed by atoms with Crippen LogP contribution in [0.2, 0.25) is 0 Å². The molecule has 2 aliphatic rings. The summed E-state index contributed by atoms with van der Waals surface area (Å²) in [5.41, 5.74) is 2.72. The summed E-state index contributed by atoms with van der Waals surface area (Å²) in [6.45, 7) is 1.25. The molecule has 0 saturated heterocycles. The van der Waals surface area contributed by atoms with E-state index in [4.69, 9.17) is 9.47 Å². The summed E-state index contributed by atoms with van der Waals surface area (Å²) in [6, 6.07) is 10.4. The molecule has 4 rings (SSSR count). The Morgan fingerprint density at radius 3 is 2.22 bits per heavy atom. The largest absolute Gasteiger partial charge is 0.493 e. The molecule has 0 radical (unpaired) electrons. The van der Waals surface area contributed by atoms with E-state index in [0.717, 1.165) is 42.6 Å². The van der Waals surface area contributed by atoms with Crippen molar-refractivity contribution < 1.29 is 18.7 Å². The Balaban J connectivity index is 1.61. The maximum Gasteiger partial charge on any atom is 0.233 e. The number of methoxy groups -OCH3 is 2. The lowest BCUT2D eigenvalue weighted by molar-refractivity contribution is -0.142. The minimum atomic E-state index is -0.498. The van der Waals surface area contributed by atoms with Crippen LogP contribution in [-0.4, -0.2) is 31.6 Å². The summed E-state index contributed by atoms with van der Waals surface area (Å²) in [4.78, 5) is 15.4. The molecule has 5 heteroatoms. The van der Waals surface area contributed by atoms with Crippen molar-refractivity contribution in [3.63, 3.8) is 0 Å². The molecule has 2 aromatic carbocycles. The molecule has 1 heterocycles. The maximum atomic E-state index is 13.5. The van der Waals surface area contributed by atoms with Crippen LogP contribution in [0.15, 0.2) is 36.4 Å². The summed E-state index contributed by atoms with van der Waals surface area (Å²) in [5.74, 6) is 1.29. The maximum absolute atomic E-state index is 13.5. The lowest BCUT2D eigenvalue weighted by atomic mass is 9.63. The highest BCUT2D eigenvalue weighted by Crippen LogP contribution is 2.46. The van der Waals surface area contributed by atoms with Gasteiger partial charge in [0.05, 0.1) is 19.6 Å². The fraction of sp³-hybridized carbons (Fsp3) is 0.409. The Bertz CT molecular complexity index is 859. The lowest BCUT2D eigenvalue weighted by Crippen LogP contribution is -2.52. The molecule has 1 fully saturated rings. The molecule has 1 aliphatic carbocycles. The molecule has 2 aromatic rings. The molecule has 0 unspecified atom stereocenters. The number of amides is 1. The SMILES string of the molecule is COc1cc2c(cc1OC)CN(C(=O)C1(c3ccc(F)cc3)CCC1)CC2. The Hall–Kier alpha value is -2.56. The predicted molar refractivity (Wildman–Crippen MR) is 101 cm³/mol. The van der Waals surface area contributed by atoms with Gasteiger partial charge in [-0.2, -0.15) is 0 Å². The van der Waals surface area contributed by atoms with Gasteiger partial charge in [0.25, 0.3) is 0 Å². The van der Waals surface area contributed by atoms with E-state index in [9.17, 15) is 9.18 Å². The molecular weight excluding hydrogens is 345 g/mol. The number of fused-ring (bicyclic) bond motifs is 1. The third kappa shape index (κ3) is 2.95. The predicted octanol–water partition coefficient (Wildman–Crippen LogP) is 3.85. The van der Waals surface area contributed by atoms with Crippen LogP contribution >= 0.6 is 0 Å². The number of carbonyl (C=O) groups is 1. The van der Waals surface area contributed by atoms with Crippen LogP contribution in [0.4, 0.5) is 4.39 Å². The molecule has 0 bridgehead atoms. The van der Waals surface area contributed by atoms with Gasteiger partial charge in [-0.1, -0.05) is 18.6 Å². The minimum Gasteiger partial charge on any atom is -0.493 e. The molecule has 1 amide bonds. The van der Waals surface area contributed by atoms with Gasteiger partial charge in [-0.25, -0.2) is 4.39 Å². The number of hydrogen-bond donors (Lipinski definition) is 0. The standard InChI is InChI=1S/C22H24FNO3/c1-26-19-12-15-8-11-24(14-16(15)13-20(19)27-2)21(25)22(9-3-10-22)17-4-6-18(23)7-5-17/h4-7,12-13H,3,8-11,14H2,1-2H3. The van der Waals surface area contributed by atoms with Crippen LogP contribution in [-0.2, 0) is 23.2 Å². The summed E-state index contributed by atoms with van der Waals surface area (Å²) in [7, 11) is 3.25. The molecule has 4 nitrogen and oxygen atoms in total. The van der Waals surface area contributed by atoms with Crippen molar-refractivity contribution in [3.05, 3.63) is 58.9 Å². The number of carbonyl (C=O) groups excluding carboxylic acids is 1. The van der Waals surface area contributed by atoms with E-state index in [-0.39, 0.29) is 11.7 Å². The normalized spacial score (nSPS) is 17.7. The van der Waals surface area contributed by atoms with E-state index in [0.29, 0.717) is 18.8 Å². The van der Waals surface area contributed by atoms with Gasteiger partial charge >= 0.3 is 0 Å². The van der Waals surface area contributed by atoms with E-state index in [1.165, 1.54) is 17.7 Å². The minimum absolute atomic E-state index is 0.154. The Morgan fingerprint density at radius 1 is 1.04 bits per heavy atom. The van der Waals surface area contributed by atoms with E-state index >= 15 is 0 Å². The average Bonchev–Trinajstić information content (AvgIpc) is 2.66. The number of hydrogen-bond acceptors (Lipinski definition) is 3. The highest BCUT2D eigenvalue weighted by Gasteiger charge is 2.48. The van der Waals surface area contributed by atoms with Gasteiger partial charge in [-0.3, -0.25) is 4.79 Å². The number of halogens is 1. The van der Waals surface area contributed by atoms with Crippen molar-refractivity contribution in [2.75, 3.05) is 20.8 Å². The van der Waals surface area contributed by atoms with E-state index < -0.39 is 5.41 Å². The third-order valence-electron chi connectivity index (χ3n) is 6.02. The molecule has 0 aromatic heterocycles. The zero-order valence-electron chi connectivity index (χ0n) is 15.8. The van der Waals surface area contributed by atoms with Crippen LogP contribution in [0.1, 0.15) is 36.0 Å². The third-order valence-corrected chi connectivity index (χ3v) is 6.02. The first-order valence-electron chi connectivity index (χ1n) is 9.36. The fourth-order valence-corrected chi connectivity index (χ4v) is 4.28. The highest BCUT2D eigenvalue weighted by molar-refractivity contribution is 5.89. The fourth-order valence-electron chi connectivity index (χ4n) is 4.28. The summed E-state index contributed by atoms with van der Waals surface area (Å²) >= 11 is 0. The number of rotatable bonds is 4. The zero-order chi connectivity index (χ0) is 19.0.